The van der Waals surface area contributed by atoms with Crippen molar-refractivity contribution in [2.75, 3.05) is 13.1 Å². The molecular formula is C16H19N3. The number of hydrogen-bond acceptors (Lipinski definition) is 2. The van der Waals surface area contributed by atoms with Gasteiger partial charge in [-0.2, -0.15) is 5.26 Å². The van der Waals surface area contributed by atoms with Gasteiger partial charge in [0.25, 0.3) is 0 Å². The summed E-state index contributed by atoms with van der Waals surface area (Å²) in [7, 11) is 0. The van der Waals surface area contributed by atoms with Crippen LogP contribution < -0.4 is 0 Å². The van der Waals surface area contributed by atoms with E-state index in [0.29, 0.717) is 0 Å². The normalized spacial score (nSPS) is 17.2. The lowest BCUT2D eigenvalue weighted by molar-refractivity contribution is 0.278. The van der Waals surface area contributed by atoms with Gasteiger partial charge in [-0.05, 0) is 49.7 Å². The van der Waals surface area contributed by atoms with E-state index in [9.17, 15) is 0 Å². The Morgan fingerprint density at radius 2 is 1.95 bits per heavy atom. The SMILES string of the molecule is N#Cc1ccc2[nH]cc(CN3CCCCCC3)c2c1. The Morgan fingerprint density at radius 3 is 2.68 bits per heavy atom. The quantitative estimate of drug-likeness (QED) is 0.891. The highest BCUT2D eigenvalue weighted by molar-refractivity contribution is 5.84. The summed E-state index contributed by atoms with van der Waals surface area (Å²) in [6.45, 7) is 3.39. The molecule has 0 aliphatic carbocycles. The Balaban J connectivity index is 1.85. The van der Waals surface area contributed by atoms with Crippen LogP contribution in [0.4, 0.5) is 0 Å². The van der Waals surface area contributed by atoms with Crippen molar-refractivity contribution in [2.45, 2.75) is 32.2 Å². The first-order valence-corrected chi connectivity index (χ1v) is 7.09. The fourth-order valence-corrected chi connectivity index (χ4v) is 2.91. The highest BCUT2D eigenvalue weighted by atomic mass is 15.1. The van der Waals surface area contributed by atoms with Crippen LogP contribution in [-0.4, -0.2) is 23.0 Å². The highest BCUT2D eigenvalue weighted by Gasteiger charge is 2.12. The lowest BCUT2D eigenvalue weighted by atomic mass is 10.1. The summed E-state index contributed by atoms with van der Waals surface area (Å²) in [5, 5.41) is 10.2. The molecule has 3 heteroatoms. The number of fused-ring (bicyclic) bond motifs is 1. The molecule has 1 saturated heterocycles. The summed E-state index contributed by atoms with van der Waals surface area (Å²) in [6.07, 6.45) is 7.44. The number of rotatable bonds is 2. The van der Waals surface area contributed by atoms with Gasteiger partial charge in [-0.1, -0.05) is 12.8 Å². The van der Waals surface area contributed by atoms with E-state index >= 15 is 0 Å². The van der Waals surface area contributed by atoms with Gasteiger partial charge < -0.3 is 4.98 Å². The molecule has 1 aliphatic rings. The molecule has 1 aliphatic heterocycles. The van der Waals surface area contributed by atoms with Crippen molar-refractivity contribution in [3.63, 3.8) is 0 Å². The van der Waals surface area contributed by atoms with Crippen LogP contribution in [0.25, 0.3) is 10.9 Å². The number of likely N-dealkylation sites (tertiary alicyclic amines) is 1. The van der Waals surface area contributed by atoms with Crippen LogP contribution >= 0.6 is 0 Å². The van der Waals surface area contributed by atoms with E-state index in [1.165, 1.54) is 49.7 Å². The van der Waals surface area contributed by atoms with E-state index in [2.05, 4.69) is 22.1 Å². The van der Waals surface area contributed by atoms with Gasteiger partial charge in [0, 0.05) is 23.6 Å². The summed E-state index contributed by atoms with van der Waals surface area (Å²) in [4.78, 5) is 5.84. The molecule has 1 aromatic heterocycles. The van der Waals surface area contributed by atoms with Crippen LogP contribution in [0.3, 0.4) is 0 Å². The molecule has 0 bridgehead atoms. The third-order valence-electron chi connectivity index (χ3n) is 3.99. The monoisotopic (exact) mass is 253 g/mol. The maximum atomic E-state index is 9.01. The summed E-state index contributed by atoms with van der Waals surface area (Å²) in [5.41, 5.74) is 3.18. The number of nitriles is 1. The summed E-state index contributed by atoms with van der Waals surface area (Å²) in [5.74, 6) is 0. The third-order valence-corrected chi connectivity index (χ3v) is 3.99. The van der Waals surface area contributed by atoms with Crippen LogP contribution in [0.1, 0.15) is 36.8 Å². The van der Waals surface area contributed by atoms with Crippen molar-refractivity contribution >= 4 is 10.9 Å². The maximum absolute atomic E-state index is 9.01. The second kappa shape index (κ2) is 5.46. The smallest absolute Gasteiger partial charge is 0.0991 e. The molecule has 19 heavy (non-hydrogen) atoms. The summed E-state index contributed by atoms with van der Waals surface area (Å²) < 4.78 is 0. The van der Waals surface area contributed by atoms with Gasteiger partial charge in [-0.15, -0.1) is 0 Å². The lowest BCUT2D eigenvalue weighted by Gasteiger charge is -2.19. The second-order valence-electron chi connectivity index (χ2n) is 5.38. The van der Waals surface area contributed by atoms with E-state index in [0.717, 1.165) is 17.6 Å². The van der Waals surface area contributed by atoms with Gasteiger partial charge in [0.05, 0.1) is 11.6 Å². The number of nitrogens with zero attached hydrogens (tertiary/aromatic N) is 2. The minimum atomic E-state index is 0.740. The highest BCUT2D eigenvalue weighted by Crippen LogP contribution is 2.22. The van der Waals surface area contributed by atoms with Gasteiger partial charge >= 0.3 is 0 Å². The van der Waals surface area contributed by atoms with Gasteiger partial charge in [0.15, 0.2) is 0 Å². The van der Waals surface area contributed by atoms with Gasteiger partial charge in [0.2, 0.25) is 0 Å². The maximum Gasteiger partial charge on any atom is 0.0991 e. The van der Waals surface area contributed by atoms with Crippen molar-refractivity contribution in [1.29, 1.82) is 5.26 Å². The first-order chi connectivity index (χ1) is 9.36. The van der Waals surface area contributed by atoms with E-state index in [4.69, 9.17) is 5.26 Å². The number of aromatic amines is 1. The van der Waals surface area contributed by atoms with E-state index < -0.39 is 0 Å². The van der Waals surface area contributed by atoms with E-state index in [1.807, 2.05) is 18.2 Å². The fourth-order valence-electron chi connectivity index (χ4n) is 2.91. The molecule has 1 N–H and O–H groups in total. The van der Waals surface area contributed by atoms with Crippen LogP contribution in [0.5, 0.6) is 0 Å². The van der Waals surface area contributed by atoms with Gasteiger partial charge in [-0.3, -0.25) is 4.90 Å². The number of nitrogens with one attached hydrogen (secondary N) is 1. The van der Waals surface area contributed by atoms with Crippen molar-refractivity contribution in [1.82, 2.24) is 9.88 Å². The molecule has 0 radical (unpaired) electrons. The Labute approximate surface area is 113 Å². The van der Waals surface area contributed by atoms with Crippen molar-refractivity contribution in [3.05, 3.63) is 35.5 Å². The number of aromatic nitrogens is 1. The van der Waals surface area contributed by atoms with Crippen LogP contribution in [0.15, 0.2) is 24.4 Å². The molecule has 3 rings (SSSR count). The summed E-state index contributed by atoms with van der Waals surface area (Å²) >= 11 is 0. The average molecular weight is 253 g/mol. The molecule has 2 heterocycles. The van der Waals surface area contributed by atoms with Crippen LogP contribution in [0, 0.1) is 11.3 Å². The molecular weight excluding hydrogens is 234 g/mol. The van der Waals surface area contributed by atoms with Gasteiger partial charge in [0.1, 0.15) is 0 Å². The molecule has 0 unspecified atom stereocenters. The minimum absolute atomic E-state index is 0.740. The molecule has 0 amide bonds. The third kappa shape index (κ3) is 2.64. The Hall–Kier alpha value is -1.79. The molecule has 0 saturated carbocycles. The van der Waals surface area contributed by atoms with Crippen LogP contribution in [0.2, 0.25) is 0 Å². The Morgan fingerprint density at radius 1 is 1.16 bits per heavy atom. The predicted octanol–water partition coefficient (Wildman–Crippen LogP) is 3.42. The Bertz CT molecular complexity index is 598. The number of hydrogen-bond donors (Lipinski definition) is 1. The van der Waals surface area contributed by atoms with Crippen molar-refractivity contribution in [2.24, 2.45) is 0 Å². The van der Waals surface area contributed by atoms with E-state index in [1.54, 1.807) is 0 Å². The molecule has 98 valence electrons. The zero-order valence-electron chi connectivity index (χ0n) is 11.2. The topological polar surface area (TPSA) is 42.8 Å². The molecule has 1 fully saturated rings. The molecule has 0 spiro atoms. The summed E-state index contributed by atoms with van der Waals surface area (Å²) in [6, 6.07) is 8.09. The van der Waals surface area contributed by atoms with Crippen LogP contribution in [-0.2, 0) is 6.54 Å². The zero-order chi connectivity index (χ0) is 13.1. The lowest BCUT2D eigenvalue weighted by Crippen LogP contribution is -2.23. The largest absolute Gasteiger partial charge is 0.361 e. The second-order valence-corrected chi connectivity index (χ2v) is 5.38. The molecule has 2 aromatic rings. The van der Waals surface area contributed by atoms with Crippen molar-refractivity contribution in [3.8, 4) is 6.07 Å². The molecule has 0 atom stereocenters. The molecule has 1 aromatic carbocycles. The Kier molecular flexibility index (Phi) is 3.52. The number of benzene rings is 1. The zero-order valence-corrected chi connectivity index (χ0v) is 11.2. The van der Waals surface area contributed by atoms with Gasteiger partial charge in [-0.25, -0.2) is 0 Å². The number of H-pyrrole nitrogens is 1. The standard InChI is InChI=1S/C16H19N3/c17-10-13-5-6-16-15(9-13)14(11-18-16)12-19-7-3-1-2-4-8-19/h5-6,9,11,18H,1-4,7-8,12H2. The first-order valence-electron chi connectivity index (χ1n) is 7.09. The fraction of sp³-hybridized carbons (Fsp3) is 0.438. The first kappa shape index (κ1) is 12.3. The predicted molar refractivity (Wildman–Crippen MR) is 76.8 cm³/mol. The molecule has 3 nitrogen and oxygen atoms in total. The van der Waals surface area contributed by atoms with E-state index in [-0.39, 0.29) is 0 Å². The van der Waals surface area contributed by atoms with Crippen molar-refractivity contribution < 1.29 is 0 Å². The average Bonchev–Trinajstić information content (AvgIpc) is 2.66. The minimum Gasteiger partial charge on any atom is -0.361 e.